The van der Waals surface area contributed by atoms with E-state index < -0.39 is 28.7 Å². The molecule has 240 valence electrons. The minimum absolute atomic E-state index is 0.0192. The molecule has 0 bridgehead atoms. The number of sulfonamides is 1. The zero-order valence-corrected chi connectivity index (χ0v) is 27.4. The van der Waals surface area contributed by atoms with E-state index in [0.717, 1.165) is 33.0 Å². The monoisotopic (exact) mass is 639 g/mol. The number of hydrogen-bond acceptors (Lipinski definition) is 5. The number of ether oxygens (including phenoxy) is 2. The summed E-state index contributed by atoms with van der Waals surface area (Å²) in [5.41, 5.74) is 3.59. The number of rotatable bonds is 9. The van der Waals surface area contributed by atoms with Crippen molar-refractivity contribution in [1.82, 2.24) is 4.31 Å². The van der Waals surface area contributed by atoms with Crippen molar-refractivity contribution in [2.45, 2.75) is 56.1 Å². The van der Waals surface area contributed by atoms with Crippen molar-refractivity contribution in [2.24, 2.45) is 11.8 Å². The molecular weight excluding hydrogens is 598 g/mol. The number of hydrogen-bond donors (Lipinski definition) is 1. The maximum absolute atomic E-state index is 13.8. The Morgan fingerprint density at radius 3 is 2.41 bits per heavy atom. The van der Waals surface area contributed by atoms with E-state index in [2.05, 4.69) is 38.6 Å². The van der Waals surface area contributed by atoms with Gasteiger partial charge in [0.25, 0.3) is 0 Å². The van der Waals surface area contributed by atoms with Gasteiger partial charge in [0.1, 0.15) is 5.75 Å². The highest BCUT2D eigenvalue weighted by molar-refractivity contribution is 7.89. The van der Waals surface area contributed by atoms with Gasteiger partial charge in [0, 0.05) is 30.0 Å². The molecule has 0 aromatic heterocycles. The highest BCUT2D eigenvalue weighted by atomic mass is 32.2. The molecule has 2 fully saturated rings. The van der Waals surface area contributed by atoms with E-state index in [1.807, 2.05) is 67.6 Å². The predicted octanol–water partition coefficient (Wildman–Crippen LogP) is 7.36. The van der Waals surface area contributed by atoms with Gasteiger partial charge in [0.15, 0.2) is 6.61 Å². The highest BCUT2D eigenvalue weighted by Gasteiger charge is 2.45. The summed E-state index contributed by atoms with van der Waals surface area (Å²) in [6.45, 7) is 10.9. The fourth-order valence-electron chi connectivity index (χ4n) is 7.01. The molecule has 0 spiro atoms. The van der Waals surface area contributed by atoms with Crippen LogP contribution in [0.5, 0.6) is 5.75 Å². The number of aliphatic carboxylic acids is 1. The van der Waals surface area contributed by atoms with E-state index in [1.54, 1.807) is 16.4 Å². The van der Waals surface area contributed by atoms with Crippen LogP contribution < -0.4 is 4.74 Å². The smallest absolute Gasteiger partial charge is 0.341 e. The summed E-state index contributed by atoms with van der Waals surface area (Å²) in [6.07, 6.45) is 0.663. The van der Waals surface area contributed by atoms with Gasteiger partial charge in [-0.2, -0.15) is 4.31 Å². The molecule has 4 aromatic carbocycles. The molecule has 4 aromatic rings. The van der Waals surface area contributed by atoms with Crippen molar-refractivity contribution in [3.8, 4) is 5.75 Å². The van der Waals surface area contributed by atoms with Crippen molar-refractivity contribution in [3.63, 3.8) is 0 Å². The molecule has 2 aliphatic heterocycles. The molecule has 2 saturated heterocycles. The number of carboxylic acids is 1. The van der Waals surface area contributed by atoms with Gasteiger partial charge >= 0.3 is 5.97 Å². The maximum Gasteiger partial charge on any atom is 0.341 e. The number of benzene rings is 4. The third kappa shape index (κ3) is 6.21. The molecule has 0 aliphatic carbocycles. The Labute approximate surface area is 271 Å². The summed E-state index contributed by atoms with van der Waals surface area (Å²) in [4.78, 5) is 11.8. The molecular formula is C38H41NO6S. The van der Waals surface area contributed by atoms with Crippen molar-refractivity contribution < 1.29 is 27.8 Å². The molecule has 2 aliphatic rings. The Balaban J connectivity index is 1.30. The molecule has 0 saturated carbocycles. The van der Waals surface area contributed by atoms with E-state index in [1.165, 1.54) is 0 Å². The van der Waals surface area contributed by atoms with Crippen molar-refractivity contribution in [3.05, 3.63) is 120 Å². The third-order valence-electron chi connectivity index (χ3n) is 9.75. The predicted molar refractivity (Wildman–Crippen MR) is 179 cm³/mol. The van der Waals surface area contributed by atoms with Crippen LogP contribution in [0.15, 0.2) is 108 Å². The molecule has 0 unspecified atom stereocenters. The van der Waals surface area contributed by atoms with Crippen LogP contribution in [0.1, 0.15) is 56.4 Å². The summed E-state index contributed by atoms with van der Waals surface area (Å²) in [5, 5.41) is 11.3. The first-order chi connectivity index (χ1) is 21.9. The topological polar surface area (TPSA) is 93.1 Å². The zero-order valence-electron chi connectivity index (χ0n) is 26.6. The quantitative estimate of drug-likeness (QED) is 0.192. The van der Waals surface area contributed by atoms with Gasteiger partial charge < -0.3 is 14.6 Å². The van der Waals surface area contributed by atoms with Crippen molar-refractivity contribution >= 4 is 26.8 Å². The third-order valence-corrected chi connectivity index (χ3v) is 11.6. The second kappa shape index (κ2) is 12.7. The SMILES string of the molecule is C=C(C)[C@H]1C[C@@H]2CN(S(=O)(=O)c3ccc4ccccc4c3)CC[C@@H]2O[C@@H]1c1cc(C(C)(C)c2ccccc2)ccc1OCC(=O)O. The lowest BCUT2D eigenvalue weighted by Gasteiger charge is -2.47. The fraction of sp³-hybridized carbons (Fsp3) is 0.342. The van der Waals surface area contributed by atoms with Crippen LogP contribution in [-0.2, 0) is 25.0 Å². The number of carbonyl (C=O) groups is 1. The lowest BCUT2D eigenvalue weighted by atomic mass is 9.74. The lowest BCUT2D eigenvalue weighted by Crippen LogP contribution is -2.50. The Bertz CT molecular complexity index is 1870. The maximum atomic E-state index is 13.8. The average Bonchev–Trinajstić information content (AvgIpc) is 3.06. The molecule has 7 nitrogen and oxygen atoms in total. The first-order valence-electron chi connectivity index (χ1n) is 15.8. The molecule has 4 atom stereocenters. The van der Waals surface area contributed by atoms with Crippen LogP contribution in [0.25, 0.3) is 10.8 Å². The van der Waals surface area contributed by atoms with E-state index >= 15 is 0 Å². The van der Waals surface area contributed by atoms with Gasteiger partial charge in [-0.1, -0.05) is 92.7 Å². The van der Waals surface area contributed by atoms with Gasteiger partial charge in [0.05, 0.1) is 17.1 Å². The molecule has 8 heteroatoms. The van der Waals surface area contributed by atoms with Gasteiger partial charge in [-0.3, -0.25) is 0 Å². The van der Waals surface area contributed by atoms with Crippen LogP contribution in [0.4, 0.5) is 0 Å². The summed E-state index contributed by atoms with van der Waals surface area (Å²) in [5.74, 6) is -0.720. The fourth-order valence-corrected chi connectivity index (χ4v) is 8.56. The number of fused-ring (bicyclic) bond motifs is 2. The Morgan fingerprint density at radius 1 is 0.978 bits per heavy atom. The van der Waals surface area contributed by atoms with Crippen molar-refractivity contribution in [2.75, 3.05) is 19.7 Å². The van der Waals surface area contributed by atoms with Gasteiger partial charge in [-0.05, 0) is 71.8 Å². The second-order valence-electron chi connectivity index (χ2n) is 13.1. The normalized spacial score (nSPS) is 22.2. The van der Waals surface area contributed by atoms with Crippen LogP contribution in [0.2, 0.25) is 0 Å². The molecule has 1 N–H and O–H groups in total. The van der Waals surface area contributed by atoms with Crippen molar-refractivity contribution in [1.29, 1.82) is 0 Å². The first kappa shape index (κ1) is 32.0. The van der Waals surface area contributed by atoms with E-state index in [-0.39, 0.29) is 23.4 Å². The van der Waals surface area contributed by atoms with E-state index in [0.29, 0.717) is 36.6 Å². The molecule has 0 amide bonds. The molecule has 46 heavy (non-hydrogen) atoms. The second-order valence-corrected chi connectivity index (χ2v) is 15.1. The standard InChI is InChI=1S/C38H41NO6S/c1-25(2)32-21-28-23-39(46(42,43)31-16-14-26-10-8-9-11-27(26)20-31)19-18-34(28)45-37(32)33-22-30(15-17-35(33)44-24-36(40)41)38(3,4)29-12-6-5-7-13-29/h5-17,20,22,28,32,34,37H,1,18-19,21,23-24H2,2-4H3,(H,40,41)/t28-,32-,34+,37+/m1/s1. The summed E-state index contributed by atoms with van der Waals surface area (Å²) < 4.78 is 42.0. The van der Waals surface area contributed by atoms with E-state index in [4.69, 9.17) is 9.47 Å². The van der Waals surface area contributed by atoms with Crippen LogP contribution in [-0.4, -0.2) is 49.6 Å². The highest BCUT2D eigenvalue weighted by Crippen LogP contribution is 2.48. The molecule has 6 rings (SSSR count). The van der Waals surface area contributed by atoms with Crippen LogP contribution in [0, 0.1) is 11.8 Å². The summed E-state index contributed by atoms with van der Waals surface area (Å²) in [6, 6.07) is 29.2. The Morgan fingerprint density at radius 2 is 1.70 bits per heavy atom. The van der Waals surface area contributed by atoms with Gasteiger partial charge in [0.2, 0.25) is 10.0 Å². The molecule has 0 radical (unpaired) electrons. The summed E-state index contributed by atoms with van der Waals surface area (Å²) in [7, 11) is -3.70. The summed E-state index contributed by atoms with van der Waals surface area (Å²) >= 11 is 0. The van der Waals surface area contributed by atoms with E-state index in [9.17, 15) is 18.3 Å². The number of carboxylic acid groups (broad SMARTS) is 1. The van der Waals surface area contributed by atoms with Gasteiger partial charge in [-0.25, -0.2) is 13.2 Å². The minimum Gasteiger partial charge on any atom is -0.482 e. The number of piperidine rings is 1. The Hall–Kier alpha value is -3.98. The van der Waals surface area contributed by atoms with Crippen LogP contribution >= 0.6 is 0 Å². The number of nitrogens with zero attached hydrogens (tertiary/aromatic N) is 1. The Kier molecular flexibility index (Phi) is 8.81. The minimum atomic E-state index is -3.70. The average molecular weight is 640 g/mol. The van der Waals surface area contributed by atoms with Gasteiger partial charge in [-0.15, -0.1) is 0 Å². The molecule has 2 heterocycles. The van der Waals surface area contributed by atoms with Crippen LogP contribution in [0.3, 0.4) is 0 Å². The lowest BCUT2D eigenvalue weighted by molar-refractivity contribution is -0.139. The first-order valence-corrected chi connectivity index (χ1v) is 17.2. The zero-order chi connectivity index (χ0) is 32.6. The largest absolute Gasteiger partial charge is 0.482 e.